The molecule has 0 unspecified atom stereocenters. The molecule has 2 saturated heterocycles. The molecule has 3 N–H and O–H groups in total. The van der Waals surface area contributed by atoms with Gasteiger partial charge < -0.3 is 48.8 Å². The molecule has 4 aromatic rings. The lowest BCUT2D eigenvalue weighted by Gasteiger charge is -2.30. The smallest absolute Gasteiger partial charge is 0.407 e. The third-order valence-corrected chi connectivity index (χ3v) is 10.6. The maximum Gasteiger partial charge on any atom is 0.407 e. The van der Waals surface area contributed by atoms with Gasteiger partial charge in [-0.15, -0.1) is 0 Å². The Morgan fingerprint density at radius 2 is 1.18 bits per heavy atom. The first-order valence-electron chi connectivity index (χ1n) is 18.6. The standard InChI is InChI=1S/C40H49N7O9/c1-23(52-3)33(44-39(50)54-5)37(48)46-19-7-9-30(46)29-21-41-35(43-29)28-17-13-26(14-18-28)25-11-15-27(16-12-25)32-22-42-36(56-32)31-10-8-20-47(31)38(49)34(24(2)53-4)45-40(51)55-6/h11-18,21-24,30-31,33-34H,7-10,19-20H2,1-6H3,(H,41,43)(H,44,50)(H,45,51)/t23-,24-,30+,31+,33+,34+/m1/s1. The lowest BCUT2D eigenvalue weighted by molar-refractivity contribution is -0.138. The number of alkyl carbamates (subject to hydrolysis) is 2. The summed E-state index contributed by atoms with van der Waals surface area (Å²) in [5, 5.41) is 5.21. The van der Waals surface area contributed by atoms with Crippen LogP contribution in [-0.2, 0) is 28.5 Å². The van der Waals surface area contributed by atoms with Crippen LogP contribution in [0.1, 0.15) is 63.2 Å². The number of aromatic nitrogens is 3. The van der Waals surface area contributed by atoms with Crippen molar-refractivity contribution in [1.82, 2.24) is 35.4 Å². The molecular formula is C40H49N7O9. The number of benzene rings is 2. The number of methoxy groups -OCH3 is 4. The molecule has 298 valence electrons. The fourth-order valence-corrected chi connectivity index (χ4v) is 7.28. The number of hydrogen-bond donors (Lipinski definition) is 3. The Kier molecular flexibility index (Phi) is 12.7. The monoisotopic (exact) mass is 771 g/mol. The zero-order chi connectivity index (χ0) is 39.9. The minimum atomic E-state index is -0.927. The highest BCUT2D eigenvalue weighted by molar-refractivity contribution is 5.87. The van der Waals surface area contributed by atoms with E-state index in [9.17, 15) is 19.2 Å². The van der Waals surface area contributed by atoms with E-state index in [1.54, 1.807) is 36.0 Å². The van der Waals surface area contributed by atoms with Gasteiger partial charge in [-0.25, -0.2) is 19.6 Å². The van der Waals surface area contributed by atoms with E-state index in [4.69, 9.17) is 23.4 Å². The third-order valence-electron chi connectivity index (χ3n) is 10.6. The van der Waals surface area contributed by atoms with Crippen molar-refractivity contribution in [3.8, 4) is 33.8 Å². The van der Waals surface area contributed by atoms with E-state index in [2.05, 4.69) is 25.6 Å². The van der Waals surface area contributed by atoms with Crippen molar-refractivity contribution in [2.45, 2.75) is 75.9 Å². The highest BCUT2D eigenvalue weighted by atomic mass is 16.5. The predicted molar refractivity (Wildman–Crippen MR) is 204 cm³/mol. The predicted octanol–water partition coefficient (Wildman–Crippen LogP) is 5.24. The first kappa shape index (κ1) is 39.9. The number of nitrogens with zero attached hydrogens (tertiary/aromatic N) is 4. The maximum atomic E-state index is 13.6. The van der Waals surface area contributed by atoms with Crippen LogP contribution >= 0.6 is 0 Å². The van der Waals surface area contributed by atoms with Crippen molar-refractivity contribution in [3.63, 3.8) is 0 Å². The van der Waals surface area contributed by atoms with Gasteiger partial charge in [0, 0.05) is 38.4 Å². The number of oxazole rings is 1. The van der Waals surface area contributed by atoms with Gasteiger partial charge in [-0.05, 0) is 50.7 Å². The fourth-order valence-electron chi connectivity index (χ4n) is 7.28. The normalized spacial score (nSPS) is 18.9. The van der Waals surface area contributed by atoms with Gasteiger partial charge in [-0.2, -0.15) is 0 Å². The summed E-state index contributed by atoms with van der Waals surface area (Å²) in [7, 11) is 5.48. The molecule has 2 aliphatic heterocycles. The van der Waals surface area contributed by atoms with Gasteiger partial charge >= 0.3 is 12.2 Å². The third kappa shape index (κ3) is 8.55. The minimum Gasteiger partial charge on any atom is -0.453 e. The van der Waals surface area contributed by atoms with Crippen LogP contribution in [0.2, 0.25) is 0 Å². The highest BCUT2D eigenvalue weighted by Crippen LogP contribution is 2.36. The number of H-pyrrole nitrogens is 1. The summed E-state index contributed by atoms with van der Waals surface area (Å²) in [6.45, 7) is 4.49. The van der Waals surface area contributed by atoms with E-state index >= 15 is 0 Å². The first-order valence-corrected chi connectivity index (χ1v) is 18.6. The Labute approximate surface area is 325 Å². The van der Waals surface area contributed by atoms with Gasteiger partial charge in [0.15, 0.2) is 5.76 Å². The van der Waals surface area contributed by atoms with Gasteiger partial charge in [-0.1, -0.05) is 48.5 Å². The van der Waals surface area contributed by atoms with E-state index in [1.807, 2.05) is 48.5 Å². The van der Waals surface area contributed by atoms with Gasteiger partial charge in [0.25, 0.3) is 0 Å². The van der Waals surface area contributed by atoms with Crippen LogP contribution in [0.4, 0.5) is 9.59 Å². The lowest BCUT2D eigenvalue weighted by Crippen LogP contribution is -2.54. The number of hydrogen-bond acceptors (Lipinski definition) is 11. The Morgan fingerprint density at radius 1 is 0.696 bits per heavy atom. The molecule has 0 saturated carbocycles. The molecule has 2 aromatic carbocycles. The number of rotatable bonds is 13. The molecule has 16 nitrogen and oxygen atoms in total. The summed E-state index contributed by atoms with van der Waals surface area (Å²) < 4.78 is 26.4. The van der Waals surface area contributed by atoms with Crippen LogP contribution in [-0.4, -0.2) is 115 Å². The summed E-state index contributed by atoms with van der Waals surface area (Å²) >= 11 is 0. The molecule has 2 fully saturated rings. The summed E-state index contributed by atoms with van der Waals surface area (Å²) in [6, 6.07) is 13.6. The number of carbonyl (C=O) groups excluding carboxylic acids is 4. The second-order valence-electron chi connectivity index (χ2n) is 13.9. The van der Waals surface area contributed by atoms with E-state index < -0.39 is 36.5 Å². The average molecular weight is 772 g/mol. The van der Waals surface area contributed by atoms with Crippen LogP contribution < -0.4 is 10.6 Å². The van der Waals surface area contributed by atoms with Gasteiger partial charge in [-0.3, -0.25) is 9.59 Å². The summed E-state index contributed by atoms with van der Waals surface area (Å²) in [5.74, 6) is 1.16. The number of imidazole rings is 1. The zero-order valence-corrected chi connectivity index (χ0v) is 32.4. The number of amides is 4. The molecule has 2 aliphatic rings. The Hall–Kier alpha value is -5.74. The van der Waals surface area contributed by atoms with E-state index in [-0.39, 0.29) is 23.9 Å². The molecule has 0 spiro atoms. The Balaban J connectivity index is 1.11. The van der Waals surface area contributed by atoms with Crippen molar-refractivity contribution in [3.05, 3.63) is 72.5 Å². The van der Waals surface area contributed by atoms with Crippen LogP contribution in [0, 0.1) is 0 Å². The van der Waals surface area contributed by atoms with Gasteiger partial charge in [0.2, 0.25) is 17.7 Å². The fraction of sp³-hybridized carbons (Fsp3) is 0.450. The molecular weight excluding hydrogens is 722 g/mol. The Bertz CT molecular complexity index is 1840. The van der Waals surface area contributed by atoms with Crippen LogP contribution in [0.3, 0.4) is 0 Å². The summed E-state index contributed by atoms with van der Waals surface area (Å²) in [5.41, 5.74) is 4.56. The zero-order valence-electron chi connectivity index (χ0n) is 32.4. The quantitative estimate of drug-likeness (QED) is 0.161. The summed E-state index contributed by atoms with van der Waals surface area (Å²) in [4.78, 5) is 67.2. The lowest BCUT2D eigenvalue weighted by atomic mass is 10.0. The minimum absolute atomic E-state index is 0.222. The van der Waals surface area contributed by atoms with Crippen molar-refractivity contribution < 1.29 is 42.5 Å². The molecule has 0 aliphatic carbocycles. The summed E-state index contributed by atoms with van der Waals surface area (Å²) in [6.07, 6.45) is 3.90. The molecule has 4 heterocycles. The van der Waals surface area contributed by atoms with Crippen molar-refractivity contribution in [2.24, 2.45) is 0 Å². The van der Waals surface area contributed by atoms with Crippen molar-refractivity contribution >= 4 is 24.0 Å². The number of aromatic amines is 1. The molecule has 0 radical (unpaired) electrons. The average Bonchev–Trinajstić information content (AvgIpc) is 4.08. The number of carbonyl (C=O) groups is 4. The molecule has 0 bridgehead atoms. The van der Waals surface area contributed by atoms with Crippen LogP contribution in [0.25, 0.3) is 33.8 Å². The molecule has 6 atom stereocenters. The number of likely N-dealkylation sites (tertiary alicyclic amines) is 2. The second kappa shape index (κ2) is 17.8. The molecule has 56 heavy (non-hydrogen) atoms. The number of ether oxygens (including phenoxy) is 4. The topological polar surface area (TPSA) is 190 Å². The van der Waals surface area contributed by atoms with Gasteiger partial charge in [0.05, 0.1) is 50.6 Å². The van der Waals surface area contributed by atoms with Crippen molar-refractivity contribution in [2.75, 3.05) is 41.5 Å². The molecule has 6 rings (SSSR count). The van der Waals surface area contributed by atoms with E-state index in [0.29, 0.717) is 37.0 Å². The SMILES string of the molecule is COC(=O)N[C@H](C(=O)N1CCC[C@H]1c1cnc(-c2ccc(-c3ccc(-c4cnc([C@@H]5CCCN5C(=O)[C@@H](NC(=O)OC)[C@@H](C)OC)o4)cc3)cc2)[nH]1)[C@@H](C)OC. The Morgan fingerprint density at radius 3 is 1.70 bits per heavy atom. The van der Waals surface area contributed by atoms with Crippen LogP contribution in [0.5, 0.6) is 0 Å². The molecule has 4 amide bonds. The molecule has 2 aromatic heterocycles. The largest absolute Gasteiger partial charge is 0.453 e. The molecule has 16 heteroatoms. The number of nitrogens with one attached hydrogen (secondary N) is 3. The van der Waals surface area contributed by atoms with E-state index in [0.717, 1.165) is 47.2 Å². The maximum absolute atomic E-state index is 13.6. The highest BCUT2D eigenvalue weighted by Gasteiger charge is 2.40. The van der Waals surface area contributed by atoms with Gasteiger partial charge in [0.1, 0.15) is 23.9 Å². The van der Waals surface area contributed by atoms with Crippen LogP contribution in [0.15, 0.2) is 65.3 Å². The second-order valence-corrected chi connectivity index (χ2v) is 13.9. The first-order chi connectivity index (χ1) is 27.1. The van der Waals surface area contributed by atoms with Crippen molar-refractivity contribution in [1.29, 1.82) is 0 Å². The van der Waals surface area contributed by atoms with E-state index in [1.165, 1.54) is 28.4 Å².